The molecule has 0 aliphatic rings. The Labute approximate surface area is 128 Å². The summed E-state index contributed by atoms with van der Waals surface area (Å²) in [7, 11) is 1.40. The summed E-state index contributed by atoms with van der Waals surface area (Å²) in [6, 6.07) is 4.23. The van der Waals surface area contributed by atoms with E-state index >= 15 is 0 Å². The SMILES string of the molecule is CCCC(CCBr)CNC(=O)c1ccc(OC)c(F)c1. The van der Waals surface area contributed by atoms with Crippen molar-refractivity contribution in [2.24, 2.45) is 5.92 Å². The molecule has 0 bridgehead atoms. The minimum Gasteiger partial charge on any atom is -0.494 e. The largest absolute Gasteiger partial charge is 0.494 e. The van der Waals surface area contributed by atoms with Crippen LogP contribution in [0, 0.1) is 11.7 Å². The van der Waals surface area contributed by atoms with Crippen LogP contribution in [0.2, 0.25) is 0 Å². The molecule has 0 spiro atoms. The van der Waals surface area contributed by atoms with Crippen LogP contribution in [0.4, 0.5) is 4.39 Å². The molecule has 1 aromatic rings. The zero-order valence-electron chi connectivity index (χ0n) is 11.9. The van der Waals surface area contributed by atoms with E-state index in [1.54, 1.807) is 6.07 Å². The molecule has 0 aliphatic heterocycles. The molecular weight excluding hydrogens is 325 g/mol. The Morgan fingerprint density at radius 1 is 1.45 bits per heavy atom. The Hall–Kier alpha value is -1.10. The summed E-state index contributed by atoms with van der Waals surface area (Å²) in [6.07, 6.45) is 3.18. The van der Waals surface area contributed by atoms with E-state index in [4.69, 9.17) is 4.74 Å². The number of carbonyl (C=O) groups excluding carboxylic acids is 1. The maximum absolute atomic E-state index is 13.5. The summed E-state index contributed by atoms with van der Waals surface area (Å²) >= 11 is 3.42. The van der Waals surface area contributed by atoms with E-state index in [1.165, 1.54) is 19.2 Å². The maximum Gasteiger partial charge on any atom is 0.251 e. The zero-order chi connectivity index (χ0) is 15.0. The highest BCUT2D eigenvalue weighted by Gasteiger charge is 2.12. The van der Waals surface area contributed by atoms with E-state index in [0.717, 1.165) is 24.6 Å². The molecule has 0 saturated heterocycles. The lowest BCUT2D eigenvalue weighted by Crippen LogP contribution is -2.29. The van der Waals surface area contributed by atoms with Crippen LogP contribution in [-0.4, -0.2) is 24.9 Å². The Morgan fingerprint density at radius 3 is 2.75 bits per heavy atom. The van der Waals surface area contributed by atoms with Crippen molar-refractivity contribution in [2.45, 2.75) is 26.2 Å². The van der Waals surface area contributed by atoms with Gasteiger partial charge in [-0.2, -0.15) is 0 Å². The van der Waals surface area contributed by atoms with Crippen LogP contribution < -0.4 is 10.1 Å². The second kappa shape index (κ2) is 8.95. The highest BCUT2D eigenvalue weighted by atomic mass is 79.9. The quantitative estimate of drug-likeness (QED) is 0.728. The molecule has 1 atom stereocenters. The van der Waals surface area contributed by atoms with Gasteiger partial charge in [-0.25, -0.2) is 4.39 Å². The van der Waals surface area contributed by atoms with Gasteiger partial charge in [-0.15, -0.1) is 0 Å². The lowest BCUT2D eigenvalue weighted by Gasteiger charge is -2.15. The number of methoxy groups -OCH3 is 1. The van der Waals surface area contributed by atoms with Gasteiger partial charge in [0, 0.05) is 17.4 Å². The van der Waals surface area contributed by atoms with Crippen molar-refractivity contribution in [1.82, 2.24) is 5.32 Å². The van der Waals surface area contributed by atoms with Crippen LogP contribution in [0.1, 0.15) is 36.5 Å². The molecular formula is C15H21BrFNO2. The van der Waals surface area contributed by atoms with Crippen molar-refractivity contribution in [3.63, 3.8) is 0 Å². The molecule has 5 heteroatoms. The predicted octanol–water partition coefficient (Wildman–Crippen LogP) is 3.77. The van der Waals surface area contributed by atoms with Gasteiger partial charge in [0.15, 0.2) is 11.6 Å². The van der Waals surface area contributed by atoms with Crippen LogP contribution in [0.15, 0.2) is 18.2 Å². The summed E-state index contributed by atoms with van der Waals surface area (Å²) < 4.78 is 18.4. The second-order valence-corrected chi connectivity index (χ2v) is 5.48. The number of hydrogen-bond acceptors (Lipinski definition) is 2. The van der Waals surface area contributed by atoms with Crippen LogP contribution in [0.3, 0.4) is 0 Å². The van der Waals surface area contributed by atoms with Crippen molar-refractivity contribution >= 4 is 21.8 Å². The predicted molar refractivity (Wildman–Crippen MR) is 82.1 cm³/mol. The van der Waals surface area contributed by atoms with Crippen molar-refractivity contribution in [3.8, 4) is 5.75 Å². The number of hydrogen-bond donors (Lipinski definition) is 1. The fraction of sp³-hybridized carbons (Fsp3) is 0.533. The maximum atomic E-state index is 13.5. The number of carbonyl (C=O) groups is 1. The normalized spacial score (nSPS) is 12.0. The van der Waals surface area contributed by atoms with Crippen LogP contribution in [0.25, 0.3) is 0 Å². The Balaban J connectivity index is 2.59. The Morgan fingerprint density at radius 2 is 2.20 bits per heavy atom. The molecule has 0 aromatic heterocycles. The fourth-order valence-electron chi connectivity index (χ4n) is 2.06. The highest BCUT2D eigenvalue weighted by molar-refractivity contribution is 9.09. The van der Waals surface area contributed by atoms with Crippen LogP contribution in [-0.2, 0) is 0 Å². The van der Waals surface area contributed by atoms with Gasteiger partial charge in [-0.3, -0.25) is 4.79 Å². The molecule has 112 valence electrons. The van der Waals surface area contributed by atoms with Gasteiger partial charge in [-0.05, 0) is 37.0 Å². The standard InChI is InChI=1S/C15H21BrFNO2/c1-3-4-11(7-8-16)10-18-15(19)12-5-6-14(20-2)13(17)9-12/h5-6,9,11H,3-4,7-8,10H2,1-2H3,(H,18,19). The molecule has 0 fully saturated rings. The number of halogens is 2. The van der Waals surface area contributed by atoms with Crippen molar-refractivity contribution in [3.05, 3.63) is 29.6 Å². The summed E-state index contributed by atoms with van der Waals surface area (Å²) in [4.78, 5) is 12.0. The first kappa shape index (κ1) is 17.0. The average Bonchev–Trinajstić information content (AvgIpc) is 2.44. The fourth-order valence-corrected chi connectivity index (χ4v) is 2.71. The summed E-state index contributed by atoms with van der Waals surface area (Å²) in [5, 5.41) is 3.79. The smallest absolute Gasteiger partial charge is 0.251 e. The van der Waals surface area contributed by atoms with Gasteiger partial charge in [0.25, 0.3) is 5.91 Å². The zero-order valence-corrected chi connectivity index (χ0v) is 13.5. The lowest BCUT2D eigenvalue weighted by molar-refractivity contribution is 0.0945. The first-order valence-electron chi connectivity index (χ1n) is 6.80. The molecule has 1 aromatic carbocycles. The highest BCUT2D eigenvalue weighted by Crippen LogP contribution is 2.18. The number of nitrogens with one attached hydrogen (secondary N) is 1. The van der Waals surface area contributed by atoms with Crippen molar-refractivity contribution in [1.29, 1.82) is 0 Å². The first-order valence-corrected chi connectivity index (χ1v) is 7.92. The molecule has 0 saturated carbocycles. The topological polar surface area (TPSA) is 38.3 Å². The summed E-state index contributed by atoms with van der Waals surface area (Å²) in [5.41, 5.74) is 0.317. The van der Waals surface area contributed by atoms with E-state index in [-0.39, 0.29) is 11.7 Å². The lowest BCUT2D eigenvalue weighted by atomic mass is 10.0. The Bertz CT molecular complexity index is 434. The van der Waals surface area contributed by atoms with Crippen LogP contribution >= 0.6 is 15.9 Å². The van der Waals surface area contributed by atoms with Crippen molar-refractivity contribution in [2.75, 3.05) is 19.0 Å². The van der Waals surface area contributed by atoms with Gasteiger partial charge < -0.3 is 10.1 Å². The van der Waals surface area contributed by atoms with Crippen LogP contribution in [0.5, 0.6) is 5.75 Å². The number of amides is 1. The molecule has 1 N–H and O–H groups in total. The average molecular weight is 346 g/mol. The van der Waals surface area contributed by atoms with E-state index < -0.39 is 5.82 Å². The summed E-state index contributed by atoms with van der Waals surface area (Å²) in [6.45, 7) is 2.74. The molecule has 20 heavy (non-hydrogen) atoms. The number of ether oxygens (including phenoxy) is 1. The van der Waals surface area contributed by atoms with E-state index in [1.807, 2.05) is 0 Å². The minimum absolute atomic E-state index is 0.143. The first-order chi connectivity index (χ1) is 9.62. The monoisotopic (exact) mass is 345 g/mol. The molecule has 0 aliphatic carbocycles. The van der Waals surface area contributed by atoms with Gasteiger partial charge in [0.2, 0.25) is 0 Å². The number of benzene rings is 1. The van der Waals surface area contributed by atoms with E-state index in [0.29, 0.717) is 18.0 Å². The molecule has 0 heterocycles. The molecule has 1 unspecified atom stereocenters. The Kier molecular flexibility index (Phi) is 7.59. The van der Waals surface area contributed by atoms with Gasteiger partial charge >= 0.3 is 0 Å². The van der Waals surface area contributed by atoms with E-state index in [9.17, 15) is 9.18 Å². The molecule has 3 nitrogen and oxygen atoms in total. The minimum atomic E-state index is -0.522. The van der Waals surface area contributed by atoms with Crippen molar-refractivity contribution < 1.29 is 13.9 Å². The summed E-state index contributed by atoms with van der Waals surface area (Å²) in [5.74, 6) is -0.177. The third kappa shape index (κ3) is 5.12. The third-order valence-electron chi connectivity index (χ3n) is 3.18. The van der Waals surface area contributed by atoms with Gasteiger partial charge in [0.05, 0.1) is 7.11 Å². The number of rotatable bonds is 8. The van der Waals surface area contributed by atoms with Gasteiger partial charge in [-0.1, -0.05) is 29.3 Å². The molecule has 1 amide bonds. The number of alkyl halides is 1. The van der Waals surface area contributed by atoms with Gasteiger partial charge in [0.1, 0.15) is 0 Å². The third-order valence-corrected chi connectivity index (χ3v) is 3.64. The second-order valence-electron chi connectivity index (χ2n) is 4.69. The molecule has 0 radical (unpaired) electrons. The van der Waals surface area contributed by atoms with E-state index in [2.05, 4.69) is 28.2 Å². The molecule has 1 rings (SSSR count).